The summed E-state index contributed by atoms with van der Waals surface area (Å²) in [6, 6.07) is 27.2. The fraction of sp³-hybridized carbons (Fsp3) is 0.154. The molecule has 2 N–H and O–H groups in total. The molecule has 1 saturated heterocycles. The van der Waals surface area contributed by atoms with Crippen LogP contribution in [-0.4, -0.2) is 21.4 Å². The van der Waals surface area contributed by atoms with Gasteiger partial charge in [0.15, 0.2) is 0 Å². The number of hydrogen-bond acceptors (Lipinski definition) is 3. The van der Waals surface area contributed by atoms with Crippen LogP contribution < -0.4 is 5.32 Å². The lowest BCUT2D eigenvalue weighted by molar-refractivity contribution is -0.118. The van der Waals surface area contributed by atoms with E-state index in [2.05, 4.69) is 71.0 Å². The number of hydrogen-bond donors (Lipinski definition) is 2. The van der Waals surface area contributed by atoms with E-state index in [1.54, 1.807) is 0 Å². The van der Waals surface area contributed by atoms with Crippen molar-refractivity contribution in [2.24, 2.45) is 0 Å². The quantitative estimate of drug-likeness (QED) is 0.427. The van der Waals surface area contributed by atoms with Crippen molar-refractivity contribution in [2.75, 3.05) is 0 Å². The number of benzene rings is 3. The van der Waals surface area contributed by atoms with Crippen LogP contribution in [0.2, 0.25) is 0 Å². The second kappa shape index (κ2) is 8.44. The van der Waals surface area contributed by atoms with Crippen molar-refractivity contribution in [1.29, 1.82) is 0 Å². The second-order valence-electron chi connectivity index (χ2n) is 7.80. The first kappa shape index (κ1) is 19.6. The Bertz CT molecular complexity index is 1250. The van der Waals surface area contributed by atoms with Crippen LogP contribution >= 0.6 is 11.8 Å². The van der Waals surface area contributed by atoms with Gasteiger partial charge in [0, 0.05) is 16.6 Å². The van der Waals surface area contributed by atoms with Crippen LogP contribution in [0, 0.1) is 0 Å². The normalized spacial score (nSPS) is 16.1. The second-order valence-corrected chi connectivity index (χ2v) is 8.97. The molecule has 1 atom stereocenters. The van der Waals surface area contributed by atoms with E-state index < -0.39 is 0 Å². The van der Waals surface area contributed by atoms with E-state index in [0.717, 1.165) is 41.4 Å². The summed E-state index contributed by atoms with van der Waals surface area (Å²) < 4.78 is 0. The Hall–Kier alpha value is -3.31. The molecule has 1 aromatic heterocycles. The molecule has 4 aromatic rings. The summed E-state index contributed by atoms with van der Waals surface area (Å²) in [5, 5.41) is 2.95. The molecule has 5 heteroatoms. The van der Waals surface area contributed by atoms with Crippen LogP contribution in [0.15, 0.2) is 78.9 Å². The zero-order chi connectivity index (χ0) is 21.2. The van der Waals surface area contributed by atoms with Gasteiger partial charge in [0.1, 0.15) is 0 Å². The number of aromatic amines is 1. The van der Waals surface area contributed by atoms with Crippen LogP contribution in [0.1, 0.15) is 16.7 Å². The number of amides is 2. The van der Waals surface area contributed by atoms with Gasteiger partial charge in [-0.15, -0.1) is 0 Å². The molecule has 154 valence electrons. The average Bonchev–Trinajstić information content (AvgIpc) is 3.32. The number of aromatic nitrogens is 1. The van der Waals surface area contributed by atoms with E-state index in [4.69, 9.17) is 0 Å². The first-order chi connectivity index (χ1) is 15.2. The highest BCUT2D eigenvalue weighted by Crippen LogP contribution is 2.33. The van der Waals surface area contributed by atoms with Crippen molar-refractivity contribution in [3.05, 3.63) is 95.6 Å². The van der Waals surface area contributed by atoms with Crippen molar-refractivity contribution in [3.63, 3.8) is 0 Å². The highest BCUT2D eigenvalue weighted by molar-refractivity contribution is 8.15. The van der Waals surface area contributed by atoms with Crippen molar-refractivity contribution in [3.8, 4) is 11.3 Å². The van der Waals surface area contributed by atoms with Crippen LogP contribution in [0.5, 0.6) is 0 Å². The van der Waals surface area contributed by atoms with Crippen LogP contribution in [0.3, 0.4) is 0 Å². The van der Waals surface area contributed by atoms with Gasteiger partial charge >= 0.3 is 0 Å². The summed E-state index contributed by atoms with van der Waals surface area (Å²) in [4.78, 5) is 27.2. The zero-order valence-corrected chi connectivity index (χ0v) is 17.7. The Morgan fingerprint density at radius 1 is 0.806 bits per heavy atom. The standard InChI is InChI=1S/C26H22N2O2S/c29-25-23(31-26(30)28-25)16-18-12-14-22-21(15-18)20(13-11-17-7-3-1-4-8-17)24(27-22)19-9-5-2-6-10-19/h1-10,12,14-15,23,27H,11,13,16H2,(H,28,29,30). The van der Waals surface area contributed by atoms with Gasteiger partial charge in [-0.2, -0.15) is 0 Å². The molecular formula is C26H22N2O2S. The molecule has 0 radical (unpaired) electrons. The van der Waals surface area contributed by atoms with Crippen molar-refractivity contribution < 1.29 is 9.59 Å². The molecule has 0 bridgehead atoms. The Morgan fingerprint density at radius 3 is 2.26 bits per heavy atom. The van der Waals surface area contributed by atoms with Gasteiger partial charge in [-0.05, 0) is 53.6 Å². The third kappa shape index (κ3) is 4.14. The summed E-state index contributed by atoms with van der Waals surface area (Å²) >= 11 is 1.08. The maximum Gasteiger partial charge on any atom is 0.286 e. The lowest BCUT2D eigenvalue weighted by atomic mass is 9.97. The van der Waals surface area contributed by atoms with Crippen molar-refractivity contribution >= 4 is 33.8 Å². The van der Waals surface area contributed by atoms with Crippen molar-refractivity contribution in [1.82, 2.24) is 10.3 Å². The Morgan fingerprint density at radius 2 is 1.55 bits per heavy atom. The third-order valence-electron chi connectivity index (χ3n) is 5.73. The third-order valence-corrected chi connectivity index (χ3v) is 6.71. The lowest BCUT2D eigenvalue weighted by Gasteiger charge is -2.08. The number of carbonyl (C=O) groups excluding carboxylic acids is 2. The van der Waals surface area contributed by atoms with Crippen molar-refractivity contribution in [2.45, 2.75) is 24.5 Å². The Labute approximate surface area is 185 Å². The van der Waals surface area contributed by atoms with Crippen LogP contribution in [0.4, 0.5) is 4.79 Å². The van der Waals surface area contributed by atoms with E-state index in [1.807, 2.05) is 18.2 Å². The minimum absolute atomic E-state index is 0.196. The molecule has 1 aliphatic rings. The summed E-state index contributed by atoms with van der Waals surface area (Å²) in [7, 11) is 0. The summed E-state index contributed by atoms with van der Waals surface area (Å²) in [5.41, 5.74) is 7.06. The molecule has 1 aliphatic heterocycles. The molecule has 0 saturated carbocycles. The molecule has 1 unspecified atom stereocenters. The van der Waals surface area contributed by atoms with E-state index in [-0.39, 0.29) is 16.4 Å². The number of nitrogens with one attached hydrogen (secondary N) is 2. The predicted molar refractivity (Wildman–Crippen MR) is 126 cm³/mol. The smallest absolute Gasteiger partial charge is 0.286 e. The SMILES string of the molecule is O=C1NC(=O)C(Cc2ccc3[nH]c(-c4ccccc4)c(CCc4ccccc4)c3c2)S1. The topological polar surface area (TPSA) is 62.0 Å². The van der Waals surface area contributed by atoms with Crippen LogP contribution in [-0.2, 0) is 24.1 Å². The molecule has 0 aliphatic carbocycles. The number of rotatable bonds is 6. The largest absolute Gasteiger partial charge is 0.354 e. The van der Waals surface area contributed by atoms with E-state index >= 15 is 0 Å². The molecule has 31 heavy (non-hydrogen) atoms. The van der Waals surface area contributed by atoms with Gasteiger partial charge in [-0.1, -0.05) is 78.5 Å². The van der Waals surface area contributed by atoms with Gasteiger partial charge in [-0.3, -0.25) is 14.9 Å². The lowest BCUT2D eigenvalue weighted by Crippen LogP contribution is -2.25. The highest BCUT2D eigenvalue weighted by Gasteiger charge is 2.31. The van der Waals surface area contributed by atoms with E-state index in [1.165, 1.54) is 22.1 Å². The first-order valence-electron chi connectivity index (χ1n) is 10.4. The fourth-order valence-electron chi connectivity index (χ4n) is 4.19. The minimum Gasteiger partial charge on any atom is -0.354 e. The first-order valence-corrected chi connectivity index (χ1v) is 11.3. The number of imide groups is 1. The summed E-state index contributed by atoms with van der Waals surface area (Å²) in [6.45, 7) is 0. The van der Waals surface area contributed by atoms with Gasteiger partial charge < -0.3 is 4.98 Å². The Kier molecular flexibility index (Phi) is 5.35. The molecular weight excluding hydrogens is 404 g/mol. The number of aryl methyl sites for hydroxylation is 2. The minimum atomic E-state index is -0.356. The van der Waals surface area contributed by atoms with Gasteiger partial charge in [0.25, 0.3) is 5.24 Å². The van der Waals surface area contributed by atoms with E-state index in [0.29, 0.717) is 6.42 Å². The van der Waals surface area contributed by atoms with Gasteiger partial charge in [0.05, 0.1) is 5.25 Å². The average molecular weight is 427 g/mol. The molecule has 4 nitrogen and oxygen atoms in total. The predicted octanol–water partition coefficient (Wildman–Crippen LogP) is 5.51. The molecule has 2 amide bonds. The van der Waals surface area contributed by atoms with E-state index in [9.17, 15) is 9.59 Å². The Balaban J connectivity index is 1.52. The highest BCUT2D eigenvalue weighted by atomic mass is 32.2. The monoisotopic (exact) mass is 426 g/mol. The maximum atomic E-state index is 12.0. The summed E-state index contributed by atoms with van der Waals surface area (Å²) in [5.74, 6) is -0.196. The molecule has 3 aromatic carbocycles. The number of thioether (sulfide) groups is 1. The van der Waals surface area contributed by atoms with Crippen LogP contribution in [0.25, 0.3) is 22.2 Å². The fourth-order valence-corrected chi connectivity index (χ4v) is 5.05. The molecule has 5 rings (SSSR count). The molecule has 2 heterocycles. The molecule has 0 spiro atoms. The summed E-state index contributed by atoms with van der Waals surface area (Å²) in [6.07, 6.45) is 2.41. The number of H-pyrrole nitrogens is 1. The maximum absolute atomic E-state index is 12.0. The molecule has 1 fully saturated rings. The number of fused-ring (bicyclic) bond motifs is 1. The van der Waals surface area contributed by atoms with Gasteiger partial charge in [-0.25, -0.2) is 0 Å². The van der Waals surface area contributed by atoms with Gasteiger partial charge in [0.2, 0.25) is 5.91 Å². The zero-order valence-electron chi connectivity index (χ0n) is 16.9. The number of carbonyl (C=O) groups is 2.